The molecule has 29 heavy (non-hydrogen) atoms. The molecule has 2 heterocycles. The Morgan fingerprint density at radius 2 is 1.66 bits per heavy atom. The molecule has 0 saturated heterocycles. The summed E-state index contributed by atoms with van der Waals surface area (Å²) in [4.78, 5) is 25.6. The molecule has 0 bridgehead atoms. The van der Waals surface area contributed by atoms with Gasteiger partial charge in [0.15, 0.2) is 11.6 Å². The Morgan fingerprint density at radius 1 is 0.966 bits per heavy atom. The van der Waals surface area contributed by atoms with Crippen molar-refractivity contribution >= 4 is 22.4 Å². The number of fused-ring (bicyclic) bond motifs is 1. The van der Waals surface area contributed by atoms with Gasteiger partial charge in [0.2, 0.25) is 0 Å². The van der Waals surface area contributed by atoms with Crippen molar-refractivity contribution in [1.82, 2.24) is 15.0 Å². The van der Waals surface area contributed by atoms with Gasteiger partial charge >= 0.3 is 6.01 Å². The van der Waals surface area contributed by atoms with Gasteiger partial charge in [-0.1, -0.05) is 36.4 Å². The first-order chi connectivity index (χ1) is 14.0. The SMILES string of the molecule is Cc1nc(Oc2ccccc2F)nc(C)c1NC(=O)c1nccc2ccccc12. The van der Waals surface area contributed by atoms with Gasteiger partial charge in [-0.2, -0.15) is 9.97 Å². The zero-order valence-electron chi connectivity index (χ0n) is 15.8. The van der Waals surface area contributed by atoms with Crippen molar-refractivity contribution < 1.29 is 13.9 Å². The summed E-state index contributed by atoms with van der Waals surface area (Å²) in [7, 11) is 0. The molecule has 144 valence electrons. The number of nitrogens with zero attached hydrogens (tertiary/aromatic N) is 3. The molecule has 2 aromatic carbocycles. The van der Waals surface area contributed by atoms with E-state index < -0.39 is 5.82 Å². The third-order valence-electron chi connectivity index (χ3n) is 4.42. The van der Waals surface area contributed by atoms with E-state index in [-0.39, 0.29) is 17.7 Å². The van der Waals surface area contributed by atoms with Gasteiger partial charge in [0, 0.05) is 11.6 Å². The van der Waals surface area contributed by atoms with Crippen LogP contribution in [0, 0.1) is 19.7 Å². The number of ether oxygens (including phenoxy) is 1. The number of pyridine rings is 1. The van der Waals surface area contributed by atoms with E-state index in [4.69, 9.17) is 4.74 Å². The van der Waals surface area contributed by atoms with E-state index in [0.29, 0.717) is 22.8 Å². The average Bonchev–Trinajstić information content (AvgIpc) is 2.72. The lowest BCUT2D eigenvalue weighted by molar-refractivity contribution is 0.102. The second-order valence-electron chi connectivity index (χ2n) is 6.42. The van der Waals surface area contributed by atoms with Crippen LogP contribution in [0.2, 0.25) is 0 Å². The number of aryl methyl sites for hydroxylation is 2. The van der Waals surface area contributed by atoms with Crippen LogP contribution in [0.1, 0.15) is 21.9 Å². The molecule has 0 fully saturated rings. The summed E-state index contributed by atoms with van der Waals surface area (Å²) in [6.07, 6.45) is 1.60. The number of para-hydroxylation sites is 1. The van der Waals surface area contributed by atoms with Crippen molar-refractivity contribution in [2.24, 2.45) is 0 Å². The Morgan fingerprint density at radius 3 is 2.41 bits per heavy atom. The van der Waals surface area contributed by atoms with Gasteiger partial charge in [-0.25, -0.2) is 4.39 Å². The molecular weight excluding hydrogens is 371 g/mol. The Labute approximate surface area is 166 Å². The molecule has 1 amide bonds. The summed E-state index contributed by atoms with van der Waals surface area (Å²) in [5, 5.41) is 4.51. The van der Waals surface area contributed by atoms with Crippen LogP contribution in [0.15, 0.2) is 60.8 Å². The first kappa shape index (κ1) is 18.5. The first-order valence-corrected chi connectivity index (χ1v) is 8.95. The minimum atomic E-state index is -0.509. The monoisotopic (exact) mass is 388 g/mol. The van der Waals surface area contributed by atoms with Gasteiger partial charge in [-0.05, 0) is 37.4 Å². The van der Waals surface area contributed by atoms with Crippen molar-refractivity contribution in [3.63, 3.8) is 0 Å². The highest BCUT2D eigenvalue weighted by Gasteiger charge is 2.17. The number of nitrogens with one attached hydrogen (secondary N) is 1. The number of anilines is 1. The fourth-order valence-corrected chi connectivity index (χ4v) is 3.01. The highest BCUT2D eigenvalue weighted by molar-refractivity contribution is 6.11. The summed E-state index contributed by atoms with van der Waals surface area (Å²) >= 11 is 0. The van der Waals surface area contributed by atoms with Gasteiger partial charge < -0.3 is 10.1 Å². The molecule has 0 unspecified atom stereocenters. The molecule has 0 spiro atoms. The van der Waals surface area contributed by atoms with E-state index in [2.05, 4.69) is 20.3 Å². The molecule has 2 aromatic heterocycles. The summed E-state index contributed by atoms with van der Waals surface area (Å²) in [5.74, 6) is -0.840. The van der Waals surface area contributed by atoms with Crippen LogP contribution in [0.3, 0.4) is 0 Å². The Balaban J connectivity index is 1.62. The second-order valence-corrected chi connectivity index (χ2v) is 6.42. The summed E-state index contributed by atoms with van der Waals surface area (Å²) in [6, 6.07) is 15.4. The molecule has 1 N–H and O–H groups in total. The number of amides is 1. The van der Waals surface area contributed by atoms with Gasteiger partial charge in [0.1, 0.15) is 5.69 Å². The van der Waals surface area contributed by atoms with Gasteiger partial charge in [0.05, 0.1) is 17.1 Å². The van der Waals surface area contributed by atoms with E-state index in [9.17, 15) is 9.18 Å². The quantitative estimate of drug-likeness (QED) is 0.542. The van der Waals surface area contributed by atoms with Crippen LogP contribution in [0.25, 0.3) is 10.8 Å². The normalized spacial score (nSPS) is 10.7. The van der Waals surface area contributed by atoms with Gasteiger partial charge in [-0.3, -0.25) is 9.78 Å². The number of hydrogen-bond acceptors (Lipinski definition) is 5. The number of aromatic nitrogens is 3. The number of hydrogen-bond donors (Lipinski definition) is 1. The number of benzene rings is 2. The fourth-order valence-electron chi connectivity index (χ4n) is 3.01. The zero-order valence-corrected chi connectivity index (χ0v) is 15.8. The van der Waals surface area contributed by atoms with E-state index in [1.54, 1.807) is 32.2 Å². The Hall–Kier alpha value is -3.87. The number of halogens is 1. The lowest BCUT2D eigenvalue weighted by Gasteiger charge is -2.13. The number of carbonyl (C=O) groups is 1. The summed E-state index contributed by atoms with van der Waals surface area (Å²) < 4.78 is 19.2. The maximum absolute atomic E-state index is 13.8. The molecule has 4 rings (SSSR count). The van der Waals surface area contributed by atoms with E-state index >= 15 is 0 Å². The molecule has 0 aliphatic heterocycles. The predicted octanol–water partition coefficient (Wildman–Crippen LogP) is 4.83. The van der Waals surface area contributed by atoms with Crippen molar-refractivity contribution in [1.29, 1.82) is 0 Å². The van der Waals surface area contributed by atoms with E-state index in [1.807, 2.05) is 30.3 Å². The van der Waals surface area contributed by atoms with E-state index in [0.717, 1.165) is 10.8 Å². The van der Waals surface area contributed by atoms with Gasteiger partial charge in [0.25, 0.3) is 5.91 Å². The van der Waals surface area contributed by atoms with Crippen molar-refractivity contribution in [3.05, 3.63) is 83.7 Å². The zero-order chi connectivity index (χ0) is 20.4. The average molecular weight is 388 g/mol. The van der Waals surface area contributed by atoms with Crippen LogP contribution in [-0.2, 0) is 0 Å². The maximum Gasteiger partial charge on any atom is 0.322 e. The molecule has 7 heteroatoms. The topological polar surface area (TPSA) is 77.0 Å². The molecular formula is C22H17FN4O2. The standard InChI is InChI=1S/C22H17FN4O2/c1-13-19(14(2)26-22(25-13)29-18-10-6-5-9-17(18)23)27-21(28)20-16-8-4-3-7-15(16)11-12-24-20/h3-12H,1-2H3,(H,27,28). The first-order valence-electron chi connectivity index (χ1n) is 8.95. The van der Waals surface area contributed by atoms with Crippen molar-refractivity contribution in [2.75, 3.05) is 5.32 Å². The van der Waals surface area contributed by atoms with Crippen LogP contribution in [-0.4, -0.2) is 20.9 Å². The van der Waals surface area contributed by atoms with Crippen molar-refractivity contribution in [3.8, 4) is 11.8 Å². The van der Waals surface area contributed by atoms with Crippen molar-refractivity contribution in [2.45, 2.75) is 13.8 Å². The second kappa shape index (κ2) is 7.63. The molecule has 0 aliphatic rings. The summed E-state index contributed by atoms with van der Waals surface area (Å²) in [5.41, 5.74) is 1.77. The molecule has 6 nitrogen and oxygen atoms in total. The fraction of sp³-hybridized carbons (Fsp3) is 0.0909. The largest absolute Gasteiger partial charge is 0.421 e. The third-order valence-corrected chi connectivity index (χ3v) is 4.42. The highest BCUT2D eigenvalue weighted by Crippen LogP contribution is 2.26. The lowest BCUT2D eigenvalue weighted by Crippen LogP contribution is -2.17. The molecule has 0 saturated carbocycles. The minimum Gasteiger partial charge on any atom is -0.421 e. The smallest absolute Gasteiger partial charge is 0.322 e. The lowest BCUT2D eigenvalue weighted by atomic mass is 10.1. The predicted molar refractivity (Wildman–Crippen MR) is 108 cm³/mol. The maximum atomic E-state index is 13.8. The summed E-state index contributed by atoms with van der Waals surface area (Å²) in [6.45, 7) is 3.43. The highest BCUT2D eigenvalue weighted by atomic mass is 19.1. The Kier molecular flexibility index (Phi) is 4.87. The molecule has 4 aromatic rings. The van der Waals surface area contributed by atoms with Crippen LogP contribution < -0.4 is 10.1 Å². The van der Waals surface area contributed by atoms with E-state index in [1.165, 1.54) is 12.1 Å². The number of rotatable bonds is 4. The molecule has 0 radical (unpaired) electrons. The molecule has 0 atom stereocenters. The third kappa shape index (κ3) is 3.75. The minimum absolute atomic E-state index is 0.00591. The molecule has 0 aliphatic carbocycles. The van der Waals surface area contributed by atoms with Gasteiger partial charge in [-0.15, -0.1) is 0 Å². The number of carbonyl (C=O) groups excluding carboxylic acids is 1. The van der Waals surface area contributed by atoms with Crippen LogP contribution in [0.5, 0.6) is 11.8 Å². The Bertz CT molecular complexity index is 1200. The van der Waals surface area contributed by atoms with Crippen LogP contribution >= 0.6 is 0 Å². The van der Waals surface area contributed by atoms with Crippen LogP contribution in [0.4, 0.5) is 10.1 Å².